The molecule has 6 aromatic carbocycles. The van der Waals surface area contributed by atoms with Crippen LogP contribution in [0.25, 0.3) is 16.8 Å². The van der Waals surface area contributed by atoms with Crippen molar-refractivity contribution < 1.29 is 44.9 Å². The summed E-state index contributed by atoms with van der Waals surface area (Å²) in [4.78, 5) is 21.4. The number of nitrogens with one attached hydrogen (secondary N) is 2. The average Bonchev–Trinajstić information content (AvgIpc) is 0.728. The number of H-pyrrole nitrogens is 1. The minimum absolute atomic E-state index is 0.00415. The fourth-order valence-electron chi connectivity index (χ4n) is 19.3. The number of phenolic OH excluding ortho intramolecular Hbond substituents is 3. The largest absolute Gasteiger partial charge is 0.507 e. The molecule has 4 saturated carbocycles. The highest BCUT2D eigenvalue weighted by Gasteiger charge is 2.63. The van der Waals surface area contributed by atoms with Gasteiger partial charge in [-0.1, -0.05) is 173 Å². The molecule has 8 N–H and O–H groups in total. The van der Waals surface area contributed by atoms with Crippen molar-refractivity contribution in [3.05, 3.63) is 189 Å². The van der Waals surface area contributed by atoms with E-state index in [0.717, 1.165) is 138 Å². The van der Waals surface area contributed by atoms with E-state index >= 15 is 4.79 Å². The third kappa shape index (κ3) is 11.6. The van der Waals surface area contributed by atoms with Gasteiger partial charge in [-0.15, -0.1) is 0 Å². The van der Waals surface area contributed by atoms with Crippen molar-refractivity contribution in [2.45, 2.75) is 162 Å². The number of aromatic amines is 1. The van der Waals surface area contributed by atoms with Gasteiger partial charge >= 0.3 is 0 Å². The molecular formula is C79H92N2O9S4. The highest BCUT2D eigenvalue weighted by atomic mass is 33.1. The van der Waals surface area contributed by atoms with Gasteiger partial charge in [-0.3, -0.25) is 4.79 Å². The van der Waals surface area contributed by atoms with Crippen molar-refractivity contribution in [1.82, 2.24) is 10.3 Å². The van der Waals surface area contributed by atoms with Gasteiger partial charge in [-0.2, -0.15) is 0 Å². The lowest BCUT2D eigenvalue weighted by Crippen LogP contribution is -2.63. The van der Waals surface area contributed by atoms with Crippen LogP contribution in [0.4, 0.5) is 0 Å². The standard InChI is InChI=1S/C79H92N2O9S4/c1-4-48-22-23-49-16-13-19-58-70(43-82)94-93-45-54-38-71(86)79(64-46-92-91-44-52-15-9-10-21-68(52)90-69-37-51(64)25-28-65(69)83,76(88)73(54)74(87)53(35-47-30-34-81-42-47)36-50-24-29-66(84)75(89-3)60(50)41-59(48)72(49)58)56-39-63-57(67(85)40-56)26-27-62-61(20-14-33-78(62,63)80-2)77(31-11-6-12-32-77)55-17-7-5-8-18-55/h5,7-8,13,16-19,22-30,34,37,39-40,42,52-54,61-62,64,68,70-71,73-74,80-87H,4,6,9-12,14-15,20-21,31-33,35-36,38,41,43-46H2,1-3H3. The van der Waals surface area contributed by atoms with E-state index in [-0.39, 0.29) is 65.3 Å². The van der Waals surface area contributed by atoms with Gasteiger partial charge in [-0.25, -0.2) is 0 Å². The number of aromatic nitrogens is 1. The Morgan fingerprint density at radius 3 is 2.36 bits per heavy atom. The molecule has 0 amide bonds. The summed E-state index contributed by atoms with van der Waals surface area (Å²) in [6, 6.07) is 37.0. The number of carbonyl (C=O) groups is 1. The Balaban J connectivity index is 0.977. The molecule has 0 radical (unpaired) electrons. The highest BCUT2D eigenvalue weighted by molar-refractivity contribution is 8.77. The topological polar surface area (TPSA) is 185 Å². The van der Waals surface area contributed by atoms with E-state index in [1.807, 2.05) is 36.7 Å². The first-order valence-electron chi connectivity index (χ1n) is 34.7. The van der Waals surface area contributed by atoms with E-state index < -0.39 is 52.1 Å². The number of benzene rings is 6. The van der Waals surface area contributed by atoms with Crippen molar-refractivity contribution in [3.63, 3.8) is 0 Å². The van der Waals surface area contributed by atoms with Gasteiger partial charge in [0.05, 0.1) is 42.1 Å². The van der Waals surface area contributed by atoms with Gasteiger partial charge < -0.3 is 50.4 Å². The van der Waals surface area contributed by atoms with Crippen LogP contribution in [0.1, 0.15) is 163 Å². The van der Waals surface area contributed by atoms with Crippen LogP contribution >= 0.6 is 43.2 Å². The maximum absolute atomic E-state index is 18.1. The third-order valence-corrected chi connectivity index (χ3v) is 29.2. The van der Waals surface area contributed by atoms with Gasteiger partial charge in [0.25, 0.3) is 0 Å². The molecule has 2 aliphatic heterocycles. The summed E-state index contributed by atoms with van der Waals surface area (Å²) in [6.07, 6.45) is 20.2. The number of hydrogen-bond acceptors (Lipinski definition) is 14. The van der Waals surface area contributed by atoms with Crippen LogP contribution in [0.15, 0.2) is 128 Å². The van der Waals surface area contributed by atoms with Crippen molar-refractivity contribution >= 4 is 65.8 Å². The van der Waals surface area contributed by atoms with Crippen molar-refractivity contribution in [1.29, 1.82) is 0 Å². The molecule has 7 aromatic rings. The number of aromatic hydroxyl groups is 3. The Bertz CT molecular complexity index is 3890. The number of fused-ring (bicyclic) bond motifs is 8. The first-order chi connectivity index (χ1) is 45.8. The molecule has 15 heteroatoms. The van der Waals surface area contributed by atoms with Crippen LogP contribution in [0, 0.1) is 35.5 Å². The second-order valence-corrected chi connectivity index (χ2v) is 33.5. The Kier molecular flexibility index (Phi) is 19.4. The van der Waals surface area contributed by atoms with Crippen LogP contribution in [0.2, 0.25) is 0 Å². The highest BCUT2D eigenvalue weighted by Crippen LogP contribution is 2.62. The molecule has 13 atom stereocenters. The minimum atomic E-state index is -1.79. The van der Waals surface area contributed by atoms with Gasteiger partial charge in [0.1, 0.15) is 11.9 Å². The lowest BCUT2D eigenvalue weighted by molar-refractivity contribution is -0.150. The molecule has 1 aromatic heterocycles. The van der Waals surface area contributed by atoms with E-state index in [1.165, 1.54) is 12.0 Å². The Labute approximate surface area is 570 Å². The van der Waals surface area contributed by atoms with E-state index in [1.54, 1.807) is 68.5 Å². The zero-order valence-electron chi connectivity index (χ0n) is 54.4. The average molecular weight is 1340 g/mol. The number of aliphatic hydroxyl groups is 3. The number of phenols is 3. The van der Waals surface area contributed by atoms with Gasteiger partial charge in [0.15, 0.2) is 28.8 Å². The summed E-state index contributed by atoms with van der Waals surface area (Å²) in [5.41, 5.74) is 7.60. The molecule has 4 fully saturated rings. The molecule has 0 saturated heterocycles. The zero-order valence-corrected chi connectivity index (χ0v) is 57.7. The smallest absolute Gasteiger partial charge is 0.164 e. The Morgan fingerprint density at radius 1 is 0.766 bits per heavy atom. The number of ether oxygens (including phenoxy) is 2. The molecule has 11 nitrogen and oxygen atoms in total. The fourth-order valence-corrected chi connectivity index (χ4v) is 25.0. The molecular weight excluding hydrogens is 1250 g/mol. The molecule has 2 bridgehead atoms. The summed E-state index contributed by atoms with van der Waals surface area (Å²) in [6.45, 7) is 1.99. The second kappa shape index (κ2) is 27.8. The number of aliphatic hydroxyl groups excluding tert-OH is 3. The zero-order chi connectivity index (χ0) is 64.9. The van der Waals surface area contributed by atoms with Gasteiger partial charge in [0.2, 0.25) is 0 Å². The second-order valence-electron chi connectivity index (χ2n) is 28.3. The van der Waals surface area contributed by atoms with E-state index in [2.05, 4.69) is 103 Å². The number of hydrogen-bond donors (Lipinski definition) is 8. The molecule has 3 heterocycles. The number of methoxy groups -OCH3 is 1. The number of Topliss-reactive ketones (excluding diaryl/α,β-unsaturated/α-hetero) is 1. The van der Waals surface area contributed by atoms with Crippen LogP contribution in [0.3, 0.4) is 0 Å². The fraction of sp³-hybridized carbons (Fsp3) is 0.481. The number of carbonyl (C=O) groups excluding carboxylic acids is 1. The molecule has 14 rings (SSSR count). The van der Waals surface area contributed by atoms with Crippen molar-refractivity contribution in [2.75, 3.05) is 38.0 Å². The molecule has 13 unspecified atom stereocenters. The molecule has 496 valence electrons. The monoisotopic (exact) mass is 1340 g/mol. The molecule has 94 heavy (non-hydrogen) atoms. The van der Waals surface area contributed by atoms with E-state index in [0.29, 0.717) is 53.4 Å². The lowest BCUT2D eigenvalue weighted by atomic mass is 9.49. The minimum Gasteiger partial charge on any atom is -0.507 e. The van der Waals surface area contributed by atoms with Crippen LogP contribution < -0.4 is 14.8 Å². The lowest BCUT2D eigenvalue weighted by Gasteiger charge is -2.57. The maximum atomic E-state index is 18.1. The molecule has 7 aliphatic rings. The van der Waals surface area contributed by atoms with E-state index in [9.17, 15) is 30.6 Å². The van der Waals surface area contributed by atoms with Crippen LogP contribution in [0.5, 0.6) is 28.7 Å². The van der Waals surface area contributed by atoms with Gasteiger partial charge in [-0.05, 0) is 192 Å². The number of ketones is 1. The molecule has 0 spiro atoms. The first kappa shape index (κ1) is 65.8. The van der Waals surface area contributed by atoms with Crippen LogP contribution in [-0.4, -0.2) is 97.7 Å². The summed E-state index contributed by atoms with van der Waals surface area (Å²) in [5, 5.41) is 82.7. The molecule has 5 aliphatic carbocycles. The van der Waals surface area contributed by atoms with Crippen molar-refractivity contribution in [3.8, 4) is 28.7 Å². The maximum Gasteiger partial charge on any atom is 0.164 e. The predicted molar refractivity (Wildman–Crippen MR) is 385 cm³/mol. The predicted octanol–water partition coefficient (Wildman–Crippen LogP) is 16.0. The first-order valence-corrected chi connectivity index (χ1v) is 39.6. The normalized spacial score (nSPS) is 30.4. The van der Waals surface area contributed by atoms with E-state index in [4.69, 9.17) is 9.47 Å². The summed E-state index contributed by atoms with van der Waals surface area (Å²) >= 11 is 0. The van der Waals surface area contributed by atoms with Crippen LogP contribution in [-0.2, 0) is 46.8 Å². The summed E-state index contributed by atoms with van der Waals surface area (Å²) in [7, 11) is 10.3. The summed E-state index contributed by atoms with van der Waals surface area (Å²) in [5.74, 6) is -0.378. The summed E-state index contributed by atoms with van der Waals surface area (Å²) < 4.78 is 13.2. The Morgan fingerprint density at radius 2 is 1.57 bits per heavy atom. The number of rotatable bonds is 10. The third-order valence-electron chi connectivity index (χ3n) is 23.9. The quantitative estimate of drug-likeness (QED) is 0.0605. The Hall–Kier alpha value is -5.49. The SMILES string of the molecule is CCc1ccc2cccc3c2c1Cc1c(ccc(O)c1OC)CC(Cc1cc[nH]c1)C(O)C1C(=O)C(c2cc(O)c4c(c2)C2(NC)CCCC(C5(c6ccccc6)CCCCC5)C2C=C4)(C2CSSCC4CCCCC4Oc4cc2ccc4O)C(O)CC1CSSC3CO. The van der Waals surface area contributed by atoms with Gasteiger partial charge in [0, 0.05) is 70.9 Å². The number of aryl methyl sites for hydroxylation is 1. The van der Waals surface area contributed by atoms with Crippen molar-refractivity contribution in [2.24, 2.45) is 35.5 Å².